The first kappa shape index (κ1) is 31.5. The number of fused-ring (bicyclic) bond motifs is 3. The van der Waals surface area contributed by atoms with Crippen LogP contribution in [0.2, 0.25) is 0 Å². The first-order chi connectivity index (χ1) is 20.6. The van der Waals surface area contributed by atoms with Crippen LogP contribution in [0.15, 0.2) is 12.1 Å². The number of ether oxygens (including phenoxy) is 2. The van der Waals surface area contributed by atoms with E-state index in [0.717, 1.165) is 41.8 Å². The molecule has 0 aliphatic heterocycles. The van der Waals surface area contributed by atoms with Gasteiger partial charge >= 0.3 is 12.1 Å². The largest absolute Gasteiger partial charge is 0.461 e. The Morgan fingerprint density at radius 2 is 1.77 bits per heavy atom. The van der Waals surface area contributed by atoms with Crippen molar-refractivity contribution in [3.63, 3.8) is 0 Å². The van der Waals surface area contributed by atoms with Crippen molar-refractivity contribution in [3.05, 3.63) is 46.0 Å². The van der Waals surface area contributed by atoms with Crippen molar-refractivity contribution in [2.75, 3.05) is 11.9 Å². The van der Waals surface area contributed by atoms with Crippen LogP contribution in [0, 0.1) is 11.2 Å². The molecule has 0 saturated heterocycles. The molecular formula is C33H43FN4O6. The number of ketones is 1. The number of nitrogens with zero attached hydrogens (tertiary/aromatic N) is 1. The van der Waals surface area contributed by atoms with E-state index in [9.17, 15) is 19.2 Å². The van der Waals surface area contributed by atoms with E-state index in [0.29, 0.717) is 49.9 Å². The molecule has 2 amide bonds. The highest BCUT2D eigenvalue weighted by molar-refractivity contribution is 6.01. The molecule has 0 radical (unpaired) electrons. The number of aromatic nitrogens is 1. The van der Waals surface area contributed by atoms with Gasteiger partial charge in [-0.15, -0.1) is 0 Å². The van der Waals surface area contributed by atoms with Crippen LogP contribution in [0.5, 0.6) is 0 Å². The second-order valence-electron chi connectivity index (χ2n) is 14.1. The Morgan fingerprint density at radius 1 is 1.07 bits per heavy atom. The topological polar surface area (TPSA) is 142 Å². The van der Waals surface area contributed by atoms with Crippen molar-refractivity contribution in [2.24, 2.45) is 11.1 Å². The minimum absolute atomic E-state index is 0.109. The maximum Gasteiger partial charge on any atom is 0.408 e. The number of esters is 1. The quantitative estimate of drug-likeness (QED) is 0.368. The van der Waals surface area contributed by atoms with Gasteiger partial charge in [-0.05, 0) is 95.2 Å². The van der Waals surface area contributed by atoms with E-state index >= 15 is 4.39 Å². The van der Waals surface area contributed by atoms with Crippen molar-refractivity contribution in [1.29, 1.82) is 0 Å². The van der Waals surface area contributed by atoms with Gasteiger partial charge in [0, 0.05) is 29.4 Å². The molecule has 4 N–H and O–H groups in total. The maximum absolute atomic E-state index is 15.6. The third kappa shape index (κ3) is 6.76. The number of hydrogen-bond donors (Lipinski definition) is 3. The molecular weight excluding hydrogens is 567 g/mol. The first-order valence-electron chi connectivity index (χ1n) is 15.5. The van der Waals surface area contributed by atoms with Crippen LogP contribution in [0.4, 0.5) is 14.9 Å². The number of carbonyl (C=O) groups is 4. The van der Waals surface area contributed by atoms with E-state index in [1.54, 1.807) is 26.8 Å². The number of benzene rings is 1. The number of anilines is 1. The smallest absolute Gasteiger partial charge is 0.408 e. The molecule has 11 heteroatoms. The summed E-state index contributed by atoms with van der Waals surface area (Å²) in [5.74, 6) is -2.00. The van der Waals surface area contributed by atoms with Gasteiger partial charge in [-0.3, -0.25) is 14.4 Å². The van der Waals surface area contributed by atoms with Crippen molar-refractivity contribution >= 4 is 29.4 Å². The molecule has 1 aromatic carbocycles. The van der Waals surface area contributed by atoms with Gasteiger partial charge in [-0.1, -0.05) is 13.8 Å². The molecule has 2 aromatic rings. The summed E-state index contributed by atoms with van der Waals surface area (Å²) in [6.45, 7) is 9.05. The van der Waals surface area contributed by atoms with Crippen LogP contribution in [-0.2, 0) is 33.5 Å². The Hall–Kier alpha value is -3.89. The molecule has 0 unspecified atom stereocenters. The lowest BCUT2D eigenvalue weighted by atomic mass is 9.75. The van der Waals surface area contributed by atoms with Gasteiger partial charge in [0.25, 0.3) is 5.91 Å². The summed E-state index contributed by atoms with van der Waals surface area (Å²) in [4.78, 5) is 49.7. The van der Waals surface area contributed by atoms with Gasteiger partial charge < -0.3 is 30.4 Å². The van der Waals surface area contributed by atoms with E-state index in [1.165, 1.54) is 6.07 Å². The average Bonchev–Trinajstić information content (AvgIpc) is 3.46. The SMILES string of the molecule is CC1(C)CC(=O)c2c3c(n(-c4cc(F)c(C(N)=O)c(N[C@H]5CC[C@H](OC(=O)CNC(=O)OC(C)(C)C)CC5)c4)c2C1)CCC3. The molecule has 3 aliphatic rings. The lowest BCUT2D eigenvalue weighted by Gasteiger charge is -2.31. The number of carbonyl (C=O) groups excluding carboxylic acids is 4. The van der Waals surface area contributed by atoms with Gasteiger partial charge in [0.2, 0.25) is 0 Å². The van der Waals surface area contributed by atoms with Crippen LogP contribution < -0.4 is 16.4 Å². The number of nitrogens with one attached hydrogen (secondary N) is 2. The lowest BCUT2D eigenvalue weighted by molar-refractivity contribution is -0.149. The zero-order chi connectivity index (χ0) is 32.0. The normalized spacial score (nSPS) is 20.8. The fourth-order valence-electron chi connectivity index (χ4n) is 6.86. The van der Waals surface area contributed by atoms with Gasteiger partial charge in [0.05, 0.1) is 16.9 Å². The summed E-state index contributed by atoms with van der Waals surface area (Å²) in [6.07, 6.45) is 5.05. The molecule has 10 nitrogen and oxygen atoms in total. The monoisotopic (exact) mass is 610 g/mol. The first-order valence-corrected chi connectivity index (χ1v) is 15.5. The molecule has 1 heterocycles. The Labute approximate surface area is 257 Å². The zero-order valence-corrected chi connectivity index (χ0v) is 26.2. The van der Waals surface area contributed by atoms with E-state index in [2.05, 4.69) is 24.5 Å². The van der Waals surface area contributed by atoms with Gasteiger partial charge in [-0.2, -0.15) is 0 Å². The summed E-state index contributed by atoms with van der Waals surface area (Å²) in [5.41, 5.74) is 9.25. The summed E-state index contributed by atoms with van der Waals surface area (Å²) in [5, 5.41) is 5.75. The minimum Gasteiger partial charge on any atom is -0.461 e. The third-order valence-electron chi connectivity index (χ3n) is 8.57. The fourth-order valence-corrected chi connectivity index (χ4v) is 6.86. The molecule has 0 atom stereocenters. The van der Waals surface area contributed by atoms with Crippen LogP contribution in [-0.4, -0.2) is 52.6 Å². The predicted molar refractivity (Wildman–Crippen MR) is 163 cm³/mol. The molecule has 1 saturated carbocycles. The van der Waals surface area contributed by atoms with Crippen molar-refractivity contribution in [2.45, 2.75) is 110 Å². The average molecular weight is 611 g/mol. The Bertz CT molecular complexity index is 1500. The number of amides is 2. The van der Waals surface area contributed by atoms with E-state index < -0.39 is 29.4 Å². The van der Waals surface area contributed by atoms with E-state index in [4.69, 9.17) is 15.2 Å². The van der Waals surface area contributed by atoms with Gasteiger partial charge in [-0.25, -0.2) is 9.18 Å². The second kappa shape index (κ2) is 11.9. The maximum atomic E-state index is 15.6. The molecule has 0 spiro atoms. The molecule has 0 bridgehead atoms. The van der Waals surface area contributed by atoms with E-state index in [-0.39, 0.29) is 35.5 Å². The number of nitrogens with two attached hydrogens (primary N) is 1. The summed E-state index contributed by atoms with van der Waals surface area (Å²) in [6, 6.07) is 3.00. The number of primary amides is 1. The molecule has 1 aromatic heterocycles. The third-order valence-corrected chi connectivity index (χ3v) is 8.57. The number of hydrogen-bond acceptors (Lipinski definition) is 7. The number of halogens is 1. The fraction of sp³-hybridized carbons (Fsp3) is 0.576. The Kier molecular flexibility index (Phi) is 8.52. The Balaban J connectivity index is 1.31. The van der Waals surface area contributed by atoms with Crippen LogP contribution in [0.25, 0.3) is 5.69 Å². The second-order valence-corrected chi connectivity index (χ2v) is 14.1. The summed E-state index contributed by atoms with van der Waals surface area (Å²) < 4.78 is 28.3. The van der Waals surface area contributed by atoms with Crippen molar-refractivity contribution in [1.82, 2.24) is 9.88 Å². The standard InChI is InChI=1S/C33H43FN4O6/c1-32(2,3)44-31(42)36-17-27(40)43-20-11-9-18(10-12-20)37-23-14-19(13-22(34)29(23)30(35)41)38-24-8-6-7-21(24)28-25(38)15-33(4,5)16-26(28)39/h13-14,18,20,37H,6-12,15-17H2,1-5H3,(H2,35,41)(H,36,42)/t18-,20-. The highest BCUT2D eigenvalue weighted by Crippen LogP contribution is 2.43. The highest BCUT2D eigenvalue weighted by Gasteiger charge is 2.39. The minimum atomic E-state index is -0.868. The number of rotatable bonds is 7. The lowest BCUT2D eigenvalue weighted by Crippen LogP contribution is -2.38. The molecule has 1 fully saturated rings. The summed E-state index contributed by atoms with van der Waals surface area (Å²) >= 11 is 0. The van der Waals surface area contributed by atoms with Crippen LogP contribution >= 0.6 is 0 Å². The van der Waals surface area contributed by atoms with Crippen molar-refractivity contribution in [3.8, 4) is 5.69 Å². The van der Waals surface area contributed by atoms with Crippen LogP contribution in [0.1, 0.15) is 111 Å². The number of Topliss-reactive ketones (excluding diaryl/α,β-unsaturated/α-hetero) is 1. The van der Waals surface area contributed by atoms with Gasteiger partial charge in [0.15, 0.2) is 5.78 Å². The molecule has 5 rings (SSSR count). The highest BCUT2D eigenvalue weighted by atomic mass is 19.1. The van der Waals surface area contributed by atoms with E-state index in [1.807, 2.05) is 4.57 Å². The predicted octanol–water partition coefficient (Wildman–Crippen LogP) is 5.15. The van der Waals surface area contributed by atoms with Crippen LogP contribution in [0.3, 0.4) is 0 Å². The molecule has 44 heavy (non-hydrogen) atoms. The Morgan fingerprint density at radius 3 is 2.43 bits per heavy atom. The summed E-state index contributed by atoms with van der Waals surface area (Å²) in [7, 11) is 0. The number of alkyl carbamates (subject to hydrolysis) is 1. The van der Waals surface area contributed by atoms with Gasteiger partial charge in [0.1, 0.15) is 24.1 Å². The molecule has 238 valence electrons. The molecule has 3 aliphatic carbocycles. The van der Waals surface area contributed by atoms with Crippen molar-refractivity contribution < 1.29 is 33.0 Å². The zero-order valence-electron chi connectivity index (χ0n) is 26.2.